The zero-order valence-electron chi connectivity index (χ0n) is 16.0. The van der Waals surface area contributed by atoms with Crippen molar-refractivity contribution in [1.29, 1.82) is 0 Å². The molecular formula is C21H23N5O2. The summed E-state index contributed by atoms with van der Waals surface area (Å²) in [6.07, 6.45) is 9.06. The van der Waals surface area contributed by atoms with E-state index in [0.29, 0.717) is 19.5 Å². The molecule has 1 saturated heterocycles. The van der Waals surface area contributed by atoms with Crippen molar-refractivity contribution in [1.82, 2.24) is 24.6 Å². The number of pyridine rings is 2. The quantitative estimate of drug-likeness (QED) is 0.701. The number of rotatable bonds is 3. The Balaban J connectivity index is 1.40. The van der Waals surface area contributed by atoms with Crippen LogP contribution in [0.5, 0.6) is 0 Å². The fourth-order valence-corrected chi connectivity index (χ4v) is 4.09. The van der Waals surface area contributed by atoms with Crippen molar-refractivity contribution in [2.75, 3.05) is 13.2 Å². The van der Waals surface area contributed by atoms with Gasteiger partial charge in [-0.05, 0) is 30.5 Å². The standard InChI is InChI=1S/C21H23N5O2/c1-25-12-17(11-23-25)15-7-14-8-16-13-26(20(27)9-18-3-2-6-28-18)5-4-19(16)24-21(14)22-10-15/h7-8,10-12,18H,2-6,9,13H2,1H3. The molecule has 2 aliphatic rings. The molecule has 1 amide bonds. The predicted molar refractivity (Wildman–Crippen MR) is 104 cm³/mol. The molecule has 7 heteroatoms. The van der Waals surface area contributed by atoms with Crippen LogP contribution in [0.2, 0.25) is 0 Å². The number of nitrogens with zero attached hydrogens (tertiary/aromatic N) is 5. The number of aromatic nitrogens is 4. The molecule has 0 radical (unpaired) electrons. The summed E-state index contributed by atoms with van der Waals surface area (Å²) in [5.41, 5.74) is 4.97. The lowest BCUT2D eigenvalue weighted by molar-refractivity contribution is -0.134. The second-order valence-electron chi connectivity index (χ2n) is 7.67. The van der Waals surface area contributed by atoms with Crippen LogP contribution in [0.4, 0.5) is 0 Å². The maximum atomic E-state index is 12.7. The van der Waals surface area contributed by atoms with Gasteiger partial charge in [-0.3, -0.25) is 9.48 Å². The molecule has 0 bridgehead atoms. The topological polar surface area (TPSA) is 73.1 Å². The highest BCUT2D eigenvalue weighted by molar-refractivity contribution is 5.82. The molecular weight excluding hydrogens is 354 g/mol. The van der Waals surface area contributed by atoms with E-state index in [-0.39, 0.29) is 12.0 Å². The molecule has 3 aromatic heterocycles. The van der Waals surface area contributed by atoms with Crippen molar-refractivity contribution in [2.24, 2.45) is 7.05 Å². The first-order valence-electron chi connectivity index (χ1n) is 9.83. The largest absolute Gasteiger partial charge is 0.378 e. The van der Waals surface area contributed by atoms with Crippen LogP contribution in [0, 0.1) is 0 Å². The molecule has 1 atom stereocenters. The number of carbonyl (C=O) groups is 1. The third kappa shape index (κ3) is 3.26. The Morgan fingerprint density at radius 1 is 1.29 bits per heavy atom. The fraction of sp³-hybridized carbons (Fsp3) is 0.429. The van der Waals surface area contributed by atoms with Gasteiger partial charge in [0.05, 0.1) is 18.7 Å². The number of carbonyl (C=O) groups excluding carboxylic acids is 1. The molecule has 0 spiro atoms. The zero-order chi connectivity index (χ0) is 19.1. The van der Waals surface area contributed by atoms with Crippen LogP contribution in [-0.4, -0.2) is 49.8 Å². The molecule has 5 rings (SSSR count). The van der Waals surface area contributed by atoms with E-state index in [1.165, 1.54) is 0 Å². The van der Waals surface area contributed by atoms with E-state index in [0.717, 1.165) is 59.3 Å². The maximum absolute atomic E-state index is 12.7. The number of aryl methyl sites for hydroxylation is 1. The van der Waals surface area contributed by atoms with Crippen LogP contribution < -0.4 is 0 Å². The molecule has 144 valence electrons. The Morgan fingerprint density at radius 3 is 3.00 bits per heavy atom. The minimum atomic E-state index is 0.0925. The van der Waals surface area contributed by atoms with E-state index >= 15 is 0 Å². The monoisotopic (exact) mass is 377 g/mol. The van der Waals surface area contributed by atoms with Crippen LogP contribution in [-0.2, 0) is 29.5 Å². The Hall–Kier alpha value is -2.80. The summed E-state index contributed by atoms with van der Waals surface area (Å²) in [5.74, 6) is 0.180. The first-order chi connectivity index (χ1) is 13.7. The number of fused-ring (bicyclic) bond motifs is 2. The lowest BCUT2D eigenvalue weighted by atomic mass is 10.0. The van der Waals surface area contributed by atoms with E-state index in [9.17, 15) is 4.79 Å². The second-order valence-corrected chi connectivity index (χ2v) is 7.67. The highest BCUT2D eigenvalue weighted by atomic mass is 16.5. The summed E-state index contributed by atoms with van der Waals surface area (Å²) in [6.45, 7) is 2.11. The summed E-state index contributed by atoms with van der Waals surface area (Å²) in [5, 5.41) is 5.23. The average Bonchev–Trinajstić information content (AvgIpc) is 3.37. The van der Waals surface area contributed by atoms with Gasteiger partial charge in [-0.1, -0.05) is 0 Å². The minimum absolute atomic E-state index is 0.0925. The molecule has 1 fully saturated rings. The predicted octanol–water partition coefficient (Wildman–Crippen LogP) is 2.48. The van der Waals surface area contributed by atoms with Crippen LogP contribution >= 0.6 is 0 Å². The third-order valence-electron chi connectivity index (χ3n) is 5.63. The number of ether oxygens (including phenoxy) is 1. The SMILES string of the molecule is Cn1cc(-c2cnc3nc4c(cc3c2)CN(C(=O)CC2CCCO2)CC4)cn1. The second kappa shape index (κ2) is 6.98. The van der Waals surface area contributed by atoms with E-state index in [2.05, 4.69) is 22.2 Å². The highest BCUT2D eigenvalue weighted by Gasteiger charge is 2.26. The van der Waals surface area contributed by atoms with Crippen LogP contribution in [0.1, 0.15) is 30.5 Å². The summed E-state index contributed by atoms with van der Waals surface area (Å²) >= 11 is 0. The third-order valence-corrected chi connectivity index (χ3v) is 5.63. The van der Waals surface area contributed by atoms with Crippen molar-refractivity contribution in [3.63, 3.8) is 0 Å². The van der Waals surface area contributed by atoms with Gasteiger partial charge in [-0.2, -0.15) is 5.10 Å². The van der Waals surface area contributed by atoms with Crippen molar-refractivity contribution in [3.8, 4) is 11.1 Å². The lowest BCUT2D eigenvalue weighted by Gasteiger charge is -2.29. The summed E-state index contributed by atoms with van der Waals surface area (Å²) in [6, 6.07) is 4.23. The molecule has 5 heterocycles. The van der Waals surface area contributed by atoms with Gasteiger partial charge in [0.1, 0.15) is 0 Å². The molecule has 0 aliphatic carbocycles. The first kappa shape index (κ1) is 17.3. The Bertz CT molecular complexity index is 1040. The lowest BCUT2D eigenvalue weighted by Crippen LogP contribution is -2.37. The van der Waals surface area contributed by atoms with Gasteiger partial charge in [-0.15, -0.1) is 0 Å². The summed E-state index contributed by atoms with van der Waals surface area (Å²) in [4.78, 5) is 23.9. The van der Waals surface area contributed by atoms with Crippen LogP contribution in [0.3, 0.4) is 0 Å². The zero-order valence-corrected chi connectivity index (χ0v) is 16.0. The Labute approximate surface area is 163 Å². The van der Waals surface area contributed by atoms with Gasteiger partial charge in [0.2, 0.25) is 5.91 Å². The van der Waals surface area contributed by atoms with Crippen LogP contribution in [0.25, 0.3) is 22.2 Å². The van der Waals surface area contributed by atoms with Gasteiger partial charge >= 0.3 is 0 Å². The van der Waals surface area contributed by atoms with Crippen molar-refractivity contribution in [2.45, 2.75) is 38.3 Å². The van der Waals surface area contributed by atoms with Gasteiger partial charge in [0.15, 0.2) is 5.65 Å². The smallest absolute Gasteiger partial charge is 0.225 e. The normalized spacial score (nSPS) is 19.2. The fourth-order valence-electron chi connectivity index (χ4n) is 4.09. The van der Waals surface area contributed by atoms with E-state index < -0.39 is 0 Å². The molecule has 2 aliphatic heterocycles. The van der Waals surface area contributed by atoms with E-state index in [4.69, 9.17) is 9.72 Å². The van der Waals surface area contributed by atoms with Gasteiger partial charge in [0, 0.05) is 67.8 Å². The van der Waals surface area contributed by atoms with Crippen molar-refractivity contribution in [3.05, 3.63) is 42.0 Å². The molecule has 7 nitrogen and oxygen atoms in total. The number of hydrogen-bond acceptors (Lipinski definition) is 5. The average molecular weight is 377 g/mol. The number of hydrogen-bond donors (Lipinski definition) is 0. The molecule has 0 aromatic carbocycles. The van der Waals surface area contributed by atoms with Crippen molar-refractivity contribution >= 4 is 16.9 Å². The van der Waals surface area contributed by atoms with Gasteiger partial charge in [0.25, 0.3) is 0 Å². The van der Waals surface area contributed by atoms with Gasteiger partial charge in [-0.25, -0.2) is 9.97 Å². The summed E-state index contributed by atoms with van der Waals surface area (Å²) < 4.78 is 7.40. The van der Waals surface area contributed by atoms with Crippen LogP contribution in [0.15, 0.2) is 30.7 Å². The maximum Gasteiger partial charge on any atom is 0.225 e. The molecule has 28 heavy (non-hydrogen) atoms. The summed E-state index contributed by atoms with van der Waals surface area (Å²) in [7, 11) is 1.90. The molecule has 3 aromatic rings. The first-order valence-corrected chi connectivity index (χ1v) is 9.83. The molecule has 0 N–H and O–H groups in total. The highest BCUT2D eigenvalue weighted by Crippen LogP contribution is 2.26. The minimum Gasteiger partial charge on any atom is -0.378 e. The molecule has 0 saturated carbocycles. The van der Waals surface area contributed by atoms with E-state index in [1.807, 2.05) is 30.5 Å². The number of amides is 1. The molecule has 1 unspecified atom stereocenters. The Kier molecular flexibility index (Phi) is 4.31. The Morgan fingerprint density at radius 2 is 2.21 bits per heavy atom. The van der Waals surface area contributed by atoms with E-state index in [1.54, 1.807) is 4.68 Å². The van der Waals surface area contributed by atoms with Gasteiger partial charge < -0.3 is 9.64 Å². The van der Waals surface area contributed by atoms with Crippen molar-refractivity contribution < 1.29 is 9.53 Å².